The maximum Gasteiger partial charge on any atom is 0.169 e. The quantitative estimate of drug-likeness (QED) is 0.877. The van der Waals surface area contributed by atoms with Crippen LogP contribution in [0.3, 0.4) is 0 Å². The van der Waals surface area contributed by atoms with Crippen molar-refractivity contribution in [2.45, 2.75) is 12.5 Å². The Morgan fingerprint density at radius 2 is 2.15 bits per heavy atom. The van der Waals surface area contributed by atoms with Crippen LogP contribution < -0.4 is 15.2 Å². The minimum Gasteiger partial charge on any atom is -0.504 e. The Kier molecular flexibility index (Phi) is 4.35. The molecule has 5 nitrogen and oxygen atoms in total. The summed E-state index contributed by atoms with van der Waals surface area (Å²) in [5.41, 5.74) is 6.14. The second-order valence-corrected chi connectivity index (χ2v) is 5.15. The first-order valence-corrected chi connectivity index (χ1v) is 6.57. The minimum absolute atomic E-state index is 0.136. The minimum atomic E-state index is -0.706. The van der Waals surface area contributed by atoms with Crippen molar-refractivity contribution in [2.24, 2.45) is 11.7 Å². The van der Waals surface area contributed by atoms with E-state index in [1.165, 1.54) is 14.2 Å². The molecule has 0 aromatic heterocycles. The molecule has 2 unspecified atom stereocenters. The van der Waals surface area contributed by atoms with E-state index in [4.69, 9.17) is 15.2 Å². The Morgan fingerprint density at radius 3 is 2.65 bits per heavy atom. The van der Waals surface area contributed by atoms with Gasteiger partial charge in [-0.2, -0.15) is 0 Å². The SMILES string of the molecule is COc1cc(F)c(O)c(C2CC(CN)CN2C)c1OC. The first kappa shape index (κ1) is 14.9. The molecule has 1 saturated heterocycles. The van der Waals surface area contributed by atoms with Crippen LogP contribution in [-0.4, -0.2) is 44.4 Å². The van der Waals surface area contributed by atoms with Crippen LogP contribution in [0.25, 0.3) is 0 Å². The first-order valence-electron chi connectivity index (χ1n) is 6.57. The molecule has 1 aromatic carbocycles. The number of likely N-dealkylation sites (tertiary alicyclic amines) is 1. The predicted octanol–water partition coefficient (Wildman–Crippen LogP) is 1.50. The number of halogens is 1. The van der Waals surface area contributed by atoms with Crippen LogP contribution in [0.1, 0.15) is 18.0 Å². The molecule has 0 spiro atoms. The summed E-state index contributed by atoms with van der Waals surface area (Å²) in [5.74, 6) is -0.105. The van der Waals surface area contributed by atoms with Crippen LogP contribution in [0, 0.1) is 11.7 Å². The average molecular weight is 284 g/mol. The lowest BCUT2D eigenvalue weighted by atomic mass is 9.97. The number of nitrogens with two attached hydrogens (primary N) is 1. The van der Waals surface area contributed by atoms with Crippen LogP contribution in [0.2, 0.25) is 0 Å². The molecule has 1 aromatic rings. The highest BCUT2D eigenvalue weighted by Gasteiger charge is 2.35. The molecular weight excluding hydrogens is 263 g/mol. The van der Waals surface area contributed by atoms with Gasteiger partial charge in [-0.1, -0.05) is 0 Å². The van der Waals surface area contributed by atoms with Crippen molar-refractivity contribution >= 4 is 0 Å². The molecule has 6 heteroatoms. The molecule has 0 bridgehead atoms. The predicted molar refractivity (Wildman–Crippen MR) is 73.7 cm³/mol. The number of ether oxygens (including phenoxy) is 2. The van der Waals surface area contributed by atoms with Gasteiger partial charge in [0.2, 0.25) is 0 Å². The summed E-state index contributed by atoms with van der Waals surface area (Å²) in [7, 11) is 4.85. The van der Waals surface area contributed by atoms with Crippen molar-refractivity contribution in [3.63, 3.8) is 0 Å². The summed E-state index contributed by atoms with van der Waals surface area (Å²) >= 11 is 0. The number of hydrogen-bond donors (Lipinski definition) is 2. The highest BCUT2D eigenvalue weighted by molar-refractivity contribution is 5.56. The molecule has 1 heterocycles. The fourth-order valence-electron chi connectivity index (χ4n) is 2.90. The van der Waals surface area contributed by atoms with Crippen LogP contribution in [-0.2, 0) is 0 Å². The smallest absolute Gasteiger partial charge is 0.169 e. The zero-order valence-corrected chi connectivity index (χ0v) is 12.0. The van der Waals surface area contributed by atoms with Crippen LogP contribution in [0.15, 0.2) is 6.07 Å². The second kappa shape index (κ2) is 5.85. The summed E-state index contributed by atoms with van der Waals surface area (Å²) in [5, 5.41) is 10.1. The van der Waals surface area contributed by atoms with Gasteiger partial charge >= 0.3 is 0 Å². The van der Waals surface area contributed by atoms with E-state index in [0.29, 0.717) is 23.8 Å². The van der Waals surface area contributed by atoms with Gasteiger partial charge in [0.1, 0.15) is 0 Å². The second-order valence-electron chi connectivity index (χ2n) is 5.15. The first-order chi connectivity index (χ1) is 9.53. The maximum atomic E-state index is 13.9. The molecule has 2 atom stereocenters. The molecule has 3 N–H and O–H groups in total. The zero-order chi connectivity index (χ0) is 14.9. The highest BCUT2D eigenvalue weighted by atomic mass is 19.1. The Hall–Kier alpha value is -1.53. The van der Waals surface area contributed by atoms with Gasteiger partial charge in [0.05, 0.1) is 19.8 Å². The Morgan fingerprint density at radius 1 is 1.45 bits per heavy atom. The highest BCUT2D eigenvalue weighted by Crippen LogP contribution is 2.47. The molecule has 1 fully saturated rings. The number of methoxy groups -OCH3 is 2. The van der Waals surface area contributed by atoms with Gasteiger partial charge in [-0.15, -0.1) is 0 Å². The topological polar surface area (TPSA) is 68.0 Å². The van der Waals surface area contributed by atoms with Crippen LogP contribution >= 0.6 is 0 Å². The van der Waals surface area contributed by atoms with E-state index in [2.05, 4.69) is 0 Å². The molecule has 2 rings (SSSR count). The molecule has 1 aliphatic rings. The van der Waals surface area contributed by atoms with Crippen molar-refractivity contribution in [3.05, 3.63) is 17.4 Å². The van der Waals surface area contributed by atoms with Crippen LogP contribution in [0.4, 0.5) is 4.39 Å². The molecule has 0 amide bonds. The summed E-state index contributed by atoms with van der Waals surface area (Å²) in [6, 6.07) is 0.996. The normalized spacial score (nSPS) is 23.1. The third-order valence-electron chi connectivity index (χ3n) is 3.93. The summed E-state index contributed by atoms with van der Waals surface area (Å²) in [4.78, 5) is 2.05. The number of hydrogen-bond acceptors (Lipinski definition) is 5. The number of nitrogens with zero attached hydrogens (tertiary/aromatic N) is 1. The van der Waals surface area contributed by atoms with Crippen LogP contribution in [0.5, 0.6) is 17.2 Å². The zero-order valence-electron chi connectivity index (χ0n) is 12.0. The lowest BCUT2D eigenvalue weighted by molar-refractivity contribution is 0.282. The third-order valence-corrected chi connectivity index (χ3v) is 3.93. The van der Waals surface area contributed by atoms with Crippen molar-refractivity contribution < 1.29 is 19.0 Å². The summed E-state index contributed by atoms with van der Waals surface area (Å²) in [6.07, 6.45) is 0.753. The van der Waals surface area contributed by atoms with Crippen molar-refractivity contribution in [2.75, 3.05) is 34.4 Å². The van der Waals surface area contributed by atoms with E-state index in [1.54, 1.807) is 0 Å². The monoisotopic (exact) mass is 284 g/mol. The Labute approximate surface area is 118 Å². The van der Waals surface area contributed by atoms with Gasteiger partial charge in [0, 0.05) is 18.7 Å². The van der Waals surface area contributed by atoms with Crippen molar-refractivity contribution in [1.82, 2.24) is 4.90 Å². The van der Waals surface area contributed by atoms with E-state index in [9.17, 15) is 9.50 Å². The fraction of sp³-hybridized carbons (Fsp3) is 0.571. The van der Waals surface area contributed by atoms with E-state index >= 15 is 0 Å². The largest absolute Gasteiger partial charge is 0.504 e. The maximum absolute atomic E-state index is 13.9. The van der Waals surface area contributed by atoms with E-state index in [-0.39, 0.29) is 17.5 Å². The van der Waals surface area contributed by atoms with Gasteiger partial charge in [-0.3, -0.25) is 4.90 Å². The Bertz CT molecular complexity index is 496. The summed E-state index contributed by atoms with van der Waals surface area (Å²) in [6.45, 7) is 1.37. The molecular formula is C14H21FN2O3. The van der Waals surface area contributed by atoms with Gasteiger partial charge in [-0.25, -0.2) is 4.39 Å². The molecule has 0 radical (unpaired) electrons. The van der Waals surface area contributed by atoms with E-state index in [1.807, 2.05) is 11.9 Å². The summed E-state index contributed by atoms with van der Waals surface area (Å²) < 4.78 is 24.3. The number of phenols is 1. The van der Waals surface area contributed by atoms with E-state index < -0.39 is 5.82 Å². The van der Waals surface area contributed by atoms with Gasteiger partial charge in [-0.05, 0) is 25.9 Å². The molecule has 112 valence electrons. The standard InChI is InChI=1S/C14H21FN2O3/c1-17-7-8(6-16)4-10(17)12-13(18)9(15)5-11(19-2)14(12)20-3/h5,8,10,18H,4,6-7,16H2,1-3H3. The molecule has 0 aliphatic carbocycles. The lowest BCUT2D eigenvalue weighted by Crippen LogP contribution is -2.21. The lowest BCUT2D eigenvalue weighted by Gasteiger charge is -2.24. The molecule has 0 saturated carbocycles. The fourth-order valence-corrected chi connectivity index (χ4v) is 2.90. The molecule has 1 aliphatic heterocycles. The van der Waals surface area contributed by atoms with Crippen molar-refractivity contribution in [1.29, 1.82) is 0 Å². The number of aromatic hydroxyl groups is 1. The van der Waals surface area contributed by atoms with E-state index in [0.717, 1.165) is 19.0 Å². The van der Waals surface area contributed by atoms with Gasteiger partial charge < -0.3 is 20.3 Å². The molecule has 20 heavy (non-hydrogen) atoms. The number of benzene rings is 1. The van der Waals surface area contributed by atoms with Gasteiger partial charge in [0.15, 0.2) is 23.1 Å². The number of phenolic OH excluding ortho intramolecular Hbond substituents is 1. The van der Waals surface area contributed by atoms with Crippen molar-refractivity contribution in [3.8, 4) is 17.2 Å². The number of rotatable bonds is 4. The van der Waals surface area contributed by atoms with Gasteiger partial charge in [0.25, 0.3) is 0 Å². The average Bonchev–Trinajstić information content (AvgIpc) is 2.82. The Balaban J connectivity index is 2.52. The third kappa shape index (κ3) is 2.41.